The van der Waals surface area contributed by atoms with Gasteiger partial charge in [0.25, 0.3) is 0 Å². The molecule has 0 aromatic carbocycles. The number of thioether (sulfide) groups is 1. The Morgan fingerprint density at radius 2 is 1.93 bits per heavy atom. The minimum Gasteiger partial charge on any atom is -0.468 e. The van der Waals surface area contributed by atoms with Crippen molar-refractivity contribution in [3.05, 3.63) is 0 Å². The molecule has 0 heterocycles. The van der Waals surface area contributed by atoms with Crippen molar-refractivity contribution >= 4 is 17.7 Å². The fourth-order valence-corrected chi connectivity index (χ4v) is 2.44. The molecule has 1 atom stereocenters. The first-order valence-electron chi connectivity index (χ1n) is 5.06. The van der Waals surface area contributed by atoms with Crippen molar-refractivity contribution in [3.63, 3.8) is 0 Å². The van der Waals surface area contributed by atoms with Crippen LogP contribution in [0.5, 0.6) is 0 Å². The lowest BCUT2D eigenvalue weighted by molar-refractivity contribution is -0.141. The van der Waals surface area contributed by atoms with Gasteiger partial charge in [-0.2, -0.15) is 11.8 Å². The molecular formula is C10H21NO2S. The summed E-state index contributed by atoms with van der Waals surface area (Å²) in [6.07, 6.45) is 2.38. The maximum absolute atomic E-state index is 11.0. The van der Waals surface area contributed by atoms with Crippen LogP contribution in [-0.4, -0.2) is 30.6 Å². The average molecular weight is 219 g/mol. The maximum Gasteiger partial charge on any atom is 0.323 e. The summed E-state index contributed by atoms with van der Waals surface area (Å²) in [5.74, 6) is 2.16. The Bertz CT molecular complexity index is 160. The van der Waals surface area contributed by atoms with Gasteiger partial charge in [0.1, 0.15) is 6.04 Å². The second-order valence-corrected chi connectivity index (χ2v) is 4.42. The van der Waals surface area contributed by atoms with Crippen molar-refractivity contribution in [2.75, 3.05) is 18.6 Å². The lowest BCUT2D eigenvalue weighted by Crippen LogP contribution is -2.34. The normalized spacial score (nSPS) is 12.9. The molecule has 3 nitrogen and oxygen atoms in total. The molecule has 0 radical (unpaired) electrons. The molecule has 1 unspecified atom stereocenters. The Labute approximate surface area is 90.8 Å². The second kappa shape index (κ2) is 8.12. The van der Waals surface area contributed by atoms with Gasteiger partial charge in [0, 0.05) is 5.75 Å². The molecule has 84 valence electrons. The predicted molar refractivity (Wildman–Crippen MR) is 61.4 cm³/mol. The predicted octanol–water partition coefficient (Wildman–Crippen LogP) is 1.66. The van der Waals surface area contributed by atoms with Gasteiger partial charge in [-0.15, -0.1) is 0 Å². The fourth-order valence-electron chi connectivity index (χ4n) is 1.11. The third-order valence-corrected chi connectivity index (χ3v) is 3.61. The highest BCUT2D eigenvalue weighted by Gasteiger charge is 2.14. The summed E-state index contributed by atoms with van der Waals surface area (Å²) in [7, 11) is 1.37. The number of nitrogens with two attached hydrogens (primary N) is 1. The van der Waals surface area contributed by atoms with Gasteiger partial charge >= 0.3 is 5.97 Å². The Kier molecular flexibility index (Phi) is 7.99. The van der Waals surface area contributed by atoms with Crippen LogP contribution in [-0.2, 0) is 9.53 Å². The number of methoxy groups -OCH3 is 1. The molecule has 0 fully saturated rings. The Morgan fingerprint density at radius 3 is 2.36 bits per heavy atom. The zero-order chi connectivity index (χ0) is 11.0. The monoisotopic (exact) mass is 219 g/mol. The van der Waals surface area contributed by atoms with E-state index in [9.17, 15) is 4.79 Å². The molecule has 0 bridgehead atoms. The maximum atomic E-state index is 11.0. The average Bonchev–Trinajstić information content (AvgIpc) is 2.22. The third-order valence-electron chi connectivity index (χ3n) is 2.31. The molecule has 0 rings (SSSR count). The first kappa shape index (κ1) is 13.8. The summed E-state index contributed by atoms with van der Waals surface area (Å²) < 4.78 is 4.54. The van der Waals surface area contributed by atoms with Crippen LogP contribution >= 0.6 is 11.8 Å². The van der Waals surface area contributed by atoms with E-state index in [1.54, 1.807) is 11.8 Å². The van der Waals surface area contributed by atoms with Crippen molar-refractivity contribution in [1.82, 2.24) is 0 Å². The largest absolute Gasteiger partial charge is 0.468 e. The van der Waals surface area contributed by atoms with Crippen LogP contribution in [0.15, 0.2) is 0 Å². The highest BCUT2D eigenvalue weighted by atomic mass is 32.2. The smallest absolute Gasteiger partial charge is 0.323 e. The molecular weight excluding hydrogens is 198 g/mol. The van der Waals surface area contributed by atoms with E-state index < -0.39 is 6.04 Å². The van der Waals surface area contributed by atoms with E-state index in [2.05, 4.69) is 18.6 Å². The van der Waals surface area contributed by atoms with Crippen LogP contribution in [0.2, 0.25) is 0 Å². The summed E-state index contributed by atoms with van der Waals surface area (Å²) in [5.41, 5.74) is 5.60. The lowest BCUT2D eigenvalue weighted by atomic mass is 10.1. The molecule has 0 aliphatic carbocycles. The SMILES string of the molecule is CCC(CC)CSCC(N)C(=O)OC. The van der Waals surface area contributed by atoms with Crippen LogP contribution in [0, 0.1) is 5.92 Å². The van der Waals surface area contributed by atoms with Crippen molar-refractivity contribution in [3.8, 4) is 0 Å². The summed E-state index contributed by atoms with van der Waals surface area (Å²) in [6.45, 7) is 4.38. The molecule has 0 saturated heterocycles. The molecule has 0 aromatic heterocycles. The second-order valence-electron chi connectivity index (χ2n) is 3.35. The molecule has 2 N–H and O–H groups in total. The molecule has 0 aromatic rings. The molecule has 0 aliphatic heterocycles. The zero-order valence-corrected chi connectivity index (χ0v) is 10.1. The van der Waals surface area contributed by atoms with Gasteiger partial charge in [0.2, 0.25) is 0 Å². The Balaban J connectivity index is 3.57. The van der Waals surface area contributed by atoms with Gasteiger partial charge in [0.15, 0.2) is 0 Å². The summed E-state index contributed by atoms with van der Waals surface area (Å²) in [6, 6.07) is -0.473. The van der Waals surface area contributed by atoms with E-state index in [1.807, 2.05) is 0 Å². The highest BCUT2D eigenvalue weighted by Crippen LogP contribution is 2.15. The van der Waals surface area contributed by atoms with Gasteiger partial charge in [-0.3, -0.25) is 4.79 Å². The number of ether oxygens (including phenoxy) is 1. The highest BCUT2D eigenvalue weighted by molar-refractivity contribution is 7.99. The van der Waals surface area contributed by atoms with E-state index in [0.717, 1.165) is 11.7 Å². The number of rotatable bonds is 7. The van der Waals surface area contributed by atoms with Gasteiger partial charge in [-0.05, 0) is 11.7 Å². The third kappa shape index (κ3) is 5.50. The van der Waals surface area contributed by atoms with Gasteiger partial charge in [0.05, 0.1) is 7.11 Å². The van der Waals surface area contributed by atoms with E-state index in [0.29, 0.717) is 5.75 Å². The zero-order valence-electron chi connectivity index (χ0n) is 9.29. The first-order valence-corrected chi connectivity index (χ1v) is 6.22. The standard InChI is InChI=1S/C10H21NO2S/c1-4-8(5-2)6-14-7-9(11)10(12)13-3/h8-9H,4-7,11H2,1-3H3. The fraction of sp³-hybridized carbons (Fsp3) is 0.900. The molecule has 0 amide bonds. The van der Waals surface area contributed by atoms with E-state index in [1.165, 1.54) is 20.0 Å². The van der Waals surface area contributed by atoms with Crippen LogP contribution in [0.3, 0.4) is 0 Å². The van der Waals surface area contributed by atoms with Crippen molar-refractivity contribution in [2.24, 2.45) is 11.7 Å². The van der Waals surface area contributed by atoms with Gasteiger partial charge in [-0.1, -0.05) is 26.7 Å². The van der Waals surface area contributed by atoms with Crippen LogP contribution in [0.25, 0.3) is 0 Å². The van der Waals surface area contributed by atoms with E-state index in [4.69, 9.17) is 5.73 Å². The van der Waals surface area contributed by atoms with Gasteiger partial charge in [-0.25, -0.2) is 0 Å². The molecule has 0 spiro atoms. The van der Waals surface area contributed by atoms with Crippen molar-refractivity contribution < 1.29 is 9.53 Å². The molecule has 0 aliphatic rings. The summed E-state index contributed by atoms with van der Waals surface area (Å²) >= 11 is 1.74. The Hall–Kier alpha value is -0.220. The summed E-state index contributed by atoms with van der Waals surface area (Å²) in [4.78, 5) is 11.0. The molecule has 4 heteroatoms. The van der Waals surface area contributed by atoms with Crippen molar-refractivity contribution in [2.45, 2.75) is 32.7 Å². The summed E-state index contributed by atoms with van der Waals surface area (Å²) in [5, 5.41) is 0. The van der Waals surface area contributed by atoms with Crippen LogP contribution < -0.4 is 5.73 Å². The molecule has 14 heavy (non-hydrogen) atoms. The van der Waals surface area contributed by atoms with E-state index >= 15 is 0 Å². The van der Waals surface area contributed by atoms with E-state index in [-0.39, 0.29) is 5.97 Å². The topological polar surface area (TPSA) is 52.3 Å². The van der Waals surface area contributed by atoms with Gasteiger partial charge < -0.3 is 10.5 Å². The number of esters is 1. The molecule has 0 saturated carbocycles. The number of carbonyl (C=O) groups excluding carboxylic acids is 1. The number of hydrogen-bond donors (Lipinski definition) is 1. The van der Waals surface area contributed by atoms with Crippen LogP contribution in [0.4, 0.5) is 0 Å². The number of carbonyl (C=O) groups is 1. The Morgan fingerprint density at radius 1 is 1.36 bits per heavy atom. The van der Waals surface area contributed by atoms with Crippen LogP contribution in [0.1, 0.15) is 26.7 Å². The minimum atomic E-state index is -0.473. The lowest BCUT2D eigenvalue weighted by Gasteiger charge is -2.13. The van der Waals surface area contributed by atoms with Crippen molar-refractivity contribution in [1.29, 1.82) is 0 Å². The number of hydrogen-bond acceptors (Lipinski definition) is 4. The first-order chi connectivity index (χ1) is 6.65. The minimum absolute atomic E-state index is 0.318. The quantitative estimate of drug-likeness (QED) is 0.662.